The predicted octanol–water partition coefficient (Wildman–Crippen LogP) is 12.0. The maximum atomic E-state index is 9.91. The molecule has 3 heterocycles. The predicted molar refractivity (Wildman–Crippen MR) is 223 cm³/mol. The summed E-state index contributed by atoms with van der Waals surface area (Å²) in [6, 6.07) is 58.4. The fourth-order valence-electron chi connectivity index (χ4n) is 7.88. The maximum absolute atomic E-state index is 9.91. The summed E-state index contributed by atoms with van der Waals surface area (Å²) in [7, 11) is 0. The fourth-order valence-corrected chi connectivity index (χ4v) is 7.88. The molecule has 0 saturated carbocycles. The summed E-state index contributed by atoms with van der Waals surface area (Å²) < 4.78 is 4.39. The Hall–Kier alpha value is -8.31. The Balaban J connectivity index is 1.36. The van der Waals surface area contributed by atoms with E-state index in [0.29, 0.717) is 28.2 Å². The molecule has 0 fully saturated rings. The number of hydrogen-bond donors (Lipinski definition) is 0. The lowest BCUT2D eigenvalue weighted by Crippen LogP contribution is -2.05. The van der Waals surface area contributed by atoms with Gasteiger partial charge in [0.05, 0.1) is 74.7 Å². The average Bonchev–Trinajstić information content (AvgIpc) is 3.78. The second-order valence-corrected chi connectivity index (χ2v) is 13.6. The summed E-state index contributed by atoms with van der Waals surface area (Å²) >= 11 is 0. The van der Waals surface area contributed by atoms with Gasteiger partial charge in [0.2, 0.25) is 0 Å². The third kappa shape index (κ3) is 5.11. The van der Waals surface area contributed by atoms with E-state index in [1.165, 1.54) is 0 Å². The van der Waals surface area contributed by atoms with Crippen LogP contribution in [0.5, 0.6) is 0 Å². The number of rotatable bonds is 5. The van der Waals surface area contributed by atoms with Gasteiger partial charge in [0, 0.05) is 38.2 Å². The second kappa shape index (κ2) is 13.0. The van der Waals surface area contributed by atoms with Crippen LogP contribution in [0.1, 0.15) is 11.1 Å². The number of hydrogen-bond acceptors (Lipinski definition) is 4. The zero-order valence-electron chi connectivity index (χ0n) is 29.7. The minimum Gasteiger partial charge on any atom is -0.308 e. The molecule has 0 saturated heterocycles. The van der Waals surface area contributed by atoms with Gasteiger partial charge in [-0.3, -0.25) is 0 Å². The lowest BCUT2D eigenvalue weighted by Gasteiger charge is -2.19. The van der Waals surface area contributed by atoms with Gasteiger partial charge in [0.15, 0.2) is 5.69 Å². The van der Waals surface area contributed by atoms with Gasteiger partial charge in [-0.1, -0.05) is 97.1 Å². The van der Waals surface area contributed by atoms with E-state index in [1.807, 2.05) is 140 Å². The van der Waals surface area contributed by atoms with Crippen molar-refractivity contribution >= 4 is 49.3 Å². The largest absolute Gasteiger partial charge is 0.308 e. The highest BCUT2D eigenvalue weighted by molar-refractivity contribution is 6.12. The van der Waals surface area contributed by atoms with Crippen LogP contribution in [-0.2, 0) is 0 Å². The topological polar surface area (TPSA) is 87.6 Å². The molecule has 0 aliphatic carbocycles. The number of benzene rings is 7. The summed E-state index contributed by atoms with van der Waals surface area (Å²) in [4.78, 5) is 14.5. The molecular formula is C49H27N7. The Morgan fingerprint density at radius 3 is 1.39 bits per heavy atom. The first-order valence-corrected chi connectivity index (χ1v) is 18.1. The zero-order chi connectivity index (χ0) is 37.8. The Morgan fingerprint density at radius 1 is 0.464 bits per heavy atom. The van der Waals surface area contributed by atoms with Gasteiger partial charge in [-0.25, -0.2) is 14.8 Å². The highest BCUT2D eigenvalue weighted by atomic mass is 15.1. The first-order chi connectivity index (χ1) is 27.6. The molecule has 7 aromatic carbocycles. The summed E-state index contributed by atoms with van der Waals surface area (Å²) in [6.45, 7) is 8.61. The Bertz CT molecular complexity index is 3280. The van der Waals surface area contributed by atoms with Crippen LogP contribution in [0.25, 0.3) is 93.7 Å². The number of fused-ring (bicyclic) bond motifs is 6. The van der Waals surface area contributed by atoms with E-state index in [-0.39, 0.29) is 0 Å². The molecule has 0 radical (unpaired) electrons. The van der Waals surface area contributed by atoms with Gasteiger partial charge in [-0.05, 0) is 66.7 Å². The standard InChI is InChI=1S/C49H27N7/c1-52-42-28-48(56-44-19-11-9-17-36(44)38-25-32(30-51)21-23-46(38)56)47(55-43-18-10-8-16-35(43)37-24-31(29-50)20-22-45(37)55)26-39(42)49-53-40(33-12-4-2-5-13-33)27-41(54-49)34-14-6-3-7-15-34/h2-28H. The molecule has 0 aliphatic heterocycles. The zero-order valence-corrected chi connectivity index (χ0v) is 29.7. The molecule has 7 nitrogen and oxygen atoms in total. The van der Waals surface area contributed by atoms with E-state index in [1.54, 1.807) is 0 Å². The lowest BCUT2D eigenvalue weighted by molar-refractivity contribution is 1.09. The van der Waals surface area contributed by atoms with Crippen molar-refractivity contribution in [1.82, 2.24) is 19.1 Å². The van der Waals surface area contributed by atoms with Gasteiger partial charge < -0.3 is 9.13 Å². The third-order valence-corrected chi connectivity index (χ3v) is 10.4. The fraction of sp³-hybridized carbons (Fsp3) is 0. The normalized spacial score (nSPS) is 11.2. The van der Waals surface area contributed by atoms with Crippen LogP contribution in [-0.4, -0.2) is 19.1 Å². The molecule has 258 valence electrons. The molecule has 0 amide bonds. The first-order valence-electron chi connectivity index (χ1n) is 18.1. The Morgan fingerprint density at radius 2 is 0.911 bits per heavy atom. The van der Waals surface area contributed by atoms with Crippen molar-refractivity contribution in [2.24, 2.45) is 0 Å². The second-order valence-electron chi connectivity index (χ2n) is 13.6. The van der Waals surface area contributed by atoms with Crippen molar-refractivity contribution in [3.05, 3.63) is 186 Å². The van der Waals surface area contributed by atoms with Crippen LogP contribution in [0, 0.1) is 29.2 Å². The van der Waals surface area contributed by atoms with Crippen LogP contribution < -0.4 is 0 Å². The van der Waals surface area contributed by atoms with Crippen LogP contribution in [0.3, 0.4) is 0 Å². The molecule has 0 atom stereocenters. The van der Waals surface area contributed by atoms with Crippen LogP contribution in [0.4, 0.5) is 5.69 Å². The Kier molecular flexibility index (Phi) is 7.49. The number of para-hydroxylation sites is 2. The first kappa shape index (κ1) is 32.3. The van der Waals surface area contributed by atoms with E-state index in [4.69, 9.17) is 16.5 Å². The highest BCUT2D eigenvalue weighted by Crippen LogP contribution is 2.43. The van der Waals surface area contributed by atoms with Crippen molar-refractivity contribution in [1.29, 1.82) is 10.5 Å². The average molecular weight is 714 g/mol. The monoisotopic (exact) mass is 713 g/mol. The SMILES string of the molecule is [C-]#[N+]c1cc(-n2c3ccccc3c3cc(C#N)ccc32)c(-n2c3ccccc3c3cc(C#N)ccc32)cc1-c1nc(-c2ccccc2)cc(-c2ccccc2)n1. The number of nitrogens with zero attached hydrogens (tertiary/aromatic N) is 7. The van der Waals surface area contributed by atoms with Crippen molar-refractivity contribution in [2.45, 2.75) is 0 Å². The van der Waals surface area contributed by atoms with E-state index in [0.717, 1.165) is 77.5 Å². The molecular weight excluding hydrogens is 687 g/mol. The maximum Gasteiger partial charge on any atom is 0.200 e. The minimum atomic E-state index is 0.389. The van der Waals surface area contributed by atoms with Crippen molar-refractivity contribution in [3.8, 4) is 57.4 Å². The van der Waals surface area contributed by atoms with E-state index in [9.17, 15) is 10.5 Å². The van der Waals surface area contributed by atoms with Gasteiger partial charge in [0.1, 0.15) is 5.82 Å². The summed E-state index contributed by atoms with van der Waals surface area (Å²) in [5, 5.41) is 23.6. The van der Waals surface area contributed by atoms with Gasteiger partial charge >= 0.3 is 0 Å². The number of aromatic nitrogens is 4. The van der Waals surface area contributed by atoms with E-state index in [2.05, 4.69) is 50.4 Å². The quantitative estimate of drug-likeness (QED) is 0.166. The molecule has 0 spiro atoms. The molecule has 3 aromatic heterocycles. The summed E-state index contributed by atoms with van der Waals surface area (Å²) in [5.74, 6) is 0.428. The van der Waals surface area contributed by atoms with Gasteiger partial charge in [0.25, 0.3) is 0 Å². The molecule has 0 bridgehead atoms. The Labute approximate surface area is 321 Å². The minimum absolute atomic E-state index is 0.389. The van der Waals surface area contributed by atoms with Crippen LogP contribution in [0.2, 0.25) is 0 Å². The molecule has 0 aliphatic rings. The molecule has 7 heteroatoms. The number of nitriles is 2. The van der Waals surface area contributed by atoms with Crippen molar-refractivity contribution in [3.63, 3.8) is 0 Å². The lowest BCUT2D eigenvalue weighted by atomic mass is 10.0. The molecule has 10 rings (SSSR count). The van der Waals surface area contributed by atoms with Crippen LogP contribution >= 0.6 is 0 Å². The molecule has 56 heavy (non-hydrogen) atoms. The molecule has 10 aromatic rings. The van der Waals surface area contributed by atoms with E-state index < -0.39 is 0 Å². The van der Waals surface area contributed by atoms with Crippen molar-refractivity contribution in [2.75, 3.05) is 0 Å². The molecule has 0 N–H and O–H groups in total. The third-order valence-electron chi connectivity index (χ3n) is 10.4. The van der Waals surface area contributed by atoms with Crippen LogP contribution in [0.15, 0.2) is 164 Å². The van der Waals surface area contributed by atoms with Gasteiger partial charge in [-0.2, -0.15) is 10.5 Å². The summed E-state index contributed by atoms with van der Waals surface area (Å²) in [6.07, 6.45) is 0. The van der Waals surface area contributed by atoms with E-state index >= 15 is 0 Å². The van der Waals surface area contributed by atoms with Gasteiger partial charge in [-0.15, -0.1) is 0 Å². The smallest absolute Gasteiger partial charge is 0.200 e. The van der Waals surface area contributed by atoms with Crippen molar-refractivity contribution < 1.29 is 0 Å². The molecule has 0 unspecified atom stereocenters. The highest BCUT2D eigenvalue weighted by Gasteiger charge is 2.24. The summed E-state index contributed by atoms with van der Waals surface area (Å²) in [5.41, 5.74) is 10.7.